The van der Waals surface area contributed by atoms with E-state index in [-0.39, 0.29) is 10.8 Å². The Kier molecular flexibility index (Phi) is 9.07. The van der Waals surface area contributed by atoms with E-state index in [4.69, 9.17) is 22.6 Å². The van der Waals surface area contributed by atoms with Gasteiger partial charge in [-0.3, -0.25) is 4.67 Å². The number of carbonyl (C=O) groups is 1. The van der Waals surface area contributed by atoms with Crippen LogP contribution >= 0.6 is 17.1 Å². The van der Waals surface area contributed by atoms with Crippen LogP contribution in [-0.2, 0) is 15.4 Å². The average molecular weight is 756 g/mol. The fourth-order valence-electron chi connectivity index (χ4n) is 6.79. The molecular formula is C45H43NO6P2. The molecule has 8 rings (SSSR count). The van der Waals surface area contributed by atoms with Crippen LogP contribution < -0.4 is 22.8 Å². The highest BCUT2D eigenvalue weighted by atomic mass is 31.2. The van der Waals surface area contributed by atoms with E-state index in [0.717, 1.165) is 67.0 Å². The van der Waals surface area contributed by atoms with Gasteiger partial charge in [0, 0.05) is 11.1 Å². The van der Waals surface area contributed by atoms with Crippen molar-refractivity contribution in [2.45, 2.75) is 66.2 Å². The fourth-order valence-corrected chi connectivity index (χ4v) is 9.43. The van der Waals surface area contributed by atoms with Crippen molar-refractivity contribution in [1.82, 2.24) is 0 Å². The van der Waals surface area contributed by atoms with Gasteiger partial charge in [0.05, 0.1) is 22.3 Å². The first-order chi connectivity index (χ1) is 25.8. The van der Waals surface area contributed by atoms with E-state index in [1.807, 2.05) is 96.5 Å². The van der Waals surface area contributed by atoms with Crippen molar-refractivity contribution in [3.05, 3.63) is 143 Å². The minimum atomic E-state index is -1.99. The summed E-state index contributed by atoms with van der Waals surface area (Å²) in [7, 11) is -3.86. The molecule has 274 valence electrons. The molecule has 0 amide bonds. The Morgan fingerprint density at radius 3 is 1.69 bits per heavy atom. The third-order valence-corrected chi connectivity index (χ3v) is 12.2. The van der Waals surface area contributed by atoms with Crippen molar-refractivity contribution in [2.24, 2.45) is 0 Å². The standard InChI is InChI=1S/C45H43NO6P2/c1-28-24-31(44(3,4)5)26-35(41(28)50-53-46(33-18-10-9-11-19-33)37-21-13-12-20-34(37)43(47)52-53)36-27-32(45(6,7)8)25-29(2)42(36)51-54-48-38-22-14-16-30-17-15-23-39(49-54)40(30)38/h9-27H,1-8H3. The molecule has 2 aliphatic heterocycles. The first-order valence-corrected chi connectivity index (χ1v) is 20.3. The molecule has 0 saturated heterocycles. The molecule has 2 heterocycles. The fraction of sp³-hybridized carbons (Fsp3) is 0.222. The summed E-state index contributed by atoms with van der Waals surface area (Å²) in [5.74, 6) is 2.27. The van der Waals surface area contributed by atoms with Crippen LogP contribution in [0.25, 0.3) is 21.9 Å². The van der Waals surface area contributed by atoms with Gasteiger partial charge >= 0.3 is 23.1 Å². The number of rotatable bonds is 6. The predicted molar refractivity (Wildman–Crippen MR) is 219 cm³/mol. The monoisotopic (exact) mass is 755 g/mol. The number of anilines is 2. The summed E-state index contributed by atoms with van der Waals surface area (Å²) in [5, 5.41) is 1.97. The van der Waals surface area contributed by atoms with Crippen molar-refractivity contribution < 1.29 is 27.4 Å². The normalized spacial score (nSPS) is 15.6. The number of fused-ring (bicyclic) bond motifs is 1. The van der Waals surface area contributed by atoms with Crippen LogP contribution in [0.15, 0.2) is 115 Å². The molecule has 6 aromatic carbocycles. The zero-order valence-corrected chi connectivity index (χ0v) is 33.5. The molecule has 9 heteroatoms. The van der Waals surface area contributed by atoms with E-state index in [1.165, 1.54) is 0 Å². The lowest BCUT2D eigenvalue weighted by atomic mass is 9.81. The third kappa shape index (κ3) is 6.65. The Bertz CT molecular complexity index is 2380. The van der Waals surface area contributed by atoms with Crippen molar-refractivity contribution >= 4 is 45.2 Å². The van der Waals surface area contributed by atoms with E-state index in [9.17, 15) is 4.79 Å². The van der Waals surface area contributed by atoms with Gasteiger partial charge in [0.1, 0.15) is 23.0 Å². The number of nitrogens with zero attached hydrogens (tertiary/aromatic N) is 1. The maximum absolute atomic E-state index is 13.6. The quantitative estimate of drug-likeness (QED) is 0.157. The highest BCUT2D eigenvalue weighted by Gasteiger charge is 2.39. The zero-order chi connectivity index (χ0) is 37.9. The Morgan fingerprint density at radius 1 is 0.574 bits per heavy atom. The molecular weight excluding hydrogens is 712 g/mol. The number of aryl methyl sites for hydroxylation is 2. The predicted octanol–water partition coefficient (Wildman–Crippen LogP) is 13.4. The van der Waals surface area contributed by atoms with Crippen LogP contribution in [0, 0.1) is 13.8 Å². The summed E-state index contributed by atoms with van der Waals surface area (Å²) < 4.78 is 35.0. The molecule has 1 unspecified atom stereocenters. The molecule has 54 heavy (non-hydrogen) atoms. The highest BCUT2D eigenvalue weighted by Crippen LogP contribution is 2.59. The summed E-state index contributed by atoms with van der Waals surface area (Å²) in [4.78, 5) is 13.6. The van der Waals surface area contributed by atoms with Gasteiger partial charge in [-0.25, -0.2) is 4.79 Å². The van der Waals surface area contributed by atoms with E-state index in [0.29, 0.717) is 17.1 Å². The lowest BCUT2D eigenvalue weighted by Crippen LogP contribution is -2.25. The minimum Gasteiger partial charge on any atom is -0.422 e. The molecule has 0 aromatic heterocycles. The third-order valence-electron chi connectivity index (χ3n) is 9.76. The molecule has 7 nitrogen and oxygen atoms in total. The van der Waals surface area contributed by atoms with Gasteiger partial charge in [0.15, 0.2) is 0 Å². The van der Waals surface area contributed by atoms with Gasteiger partial charge in [0.25, 0.3) is 0 Å². The van der Waals surface area contributed by atoms with Gasteiger partial charge in [-0.05, 0) is 101 Å². The maximum atomic E-state index is 13.6. The number of benzene rings is 6. The molecule has 0 N–H and O–H groups in total. The molecule has 0 radical (unpaired) electrons. The van der Waals surface area contributed by atoms with Crippen molar-refractivity contribution in [1.29, 1.82) is 0 Å². The molecule has 6 aromatic rings. The summed E-state index contributed by atoms with van der Waals surface area (Å²) in [5.41, 5.74) is 7.47. The van der Waals surface area contributed by atoms with Crippen LogP contribution in [-0.4, -0.2) is 5.97 Å². The second-order valence-electron chi connectivity index (χ2n) is 15.8. The maximum Gasteiger partial charge on any atom is 0.530 e. The summed E-state index contributed by atoms with van der Waals surface area (Å²) in [6, 6.07) is 38.1. The molecule has 2 aliphatic rings. The van der Waals surface area contributed by atoms with Crippen molar-refractivity contribution in [3.63, 3.8) is 0 Å². The summed E-state index contributed by atoms with van der Waals surface area (Å²) in [6.07, 6.45) is 0. The van der Waals surface area contributed by atoms with Gasteiger partial charge in [-0.15, -0.1) is 0 Å². The molecule has 0 fully saturated rings. The van der Waals surface area contributed by atoms with Crippen LogP contribution in [0.4, 0.5) is 11.4 Å². The summed E-state index contributed by atoms with van der Waals surface area (Å²) >= 11 is 0. The first-order valence-electron chi connectivity index (χ1n) is 18.1. The van der Waals surface area contributed by atoms with E-state index < -0.39 is 23.1 Å². The van der Waals surface area contributed by atoms with Crippen LogP contribution in [0.5, 0.6) is 23.0 Å². The Morgan fingerprint density at radius 2 is 1.11 bits per heavy atom. The number of hydrogen-bond acceptors (Lipinski definition) is 7. The van der Waals surface area contributed by atoms with Gasteiger partial charge in [0.2, 0.25) is 0 Å². The zero-order valence-electron chi connectivity index (χ0n) is 31.8. The number of hydrogen-bond donors (Lipinski definition) is 0. The molecule has 1 atom stereocenters. The second-order valence-corrected chi connectivity index (χ2v) is 18.1. The van der Waals surface area contributed by atoms with Crippen LogP contribution in [0.2, 0.25) is 0 Å². The van der Waals surface area contributed by atoms with Crippen LogP contribution in [0.3, 0.4) is 0 Å². The van der Waals surface area contributed by atoms with E-state index in [1.54, 1.807) is 6.07 Å². The van der Waals surface area contributed by atoms with Gasteiger partial charge < -0.3 is 22.6 Å². The van der Waals surface area contributed by atoms with Crippen LogP contribution in [0.1, 0.15) is 74.2 Å². The molecule has 0 aliphatic carbocycles. The van der Waals surface area contributed by atoms with E-state index >= 15 is 0 Å². The average Bonchev–Trinajstić information content (AvgIpc) is 3.13. The lowest BCUT2D eigenvalue weighted by Gasteiger charge is -2.36. The highest BCUT2D eigenvalue weighted by molar-refractivity contribution is 7.51. The Balaban J connectivity index is 1.29. The largest absolute Gasteiger partial charge is 0.530 e. The Hall–Kier alpha value is -5.09. The lowest BCUT2D eigenvalue weighted by molar-refractivity contribution is 0.0735. The summed E-state index contributed by atoms with van der Waals surface area (Å²) in [6.45, 7) is 17.3. The number of para-hydroxylation sites is 2. The SMILES string of the molecule is Cc1cc(C(C)(C)C)cc(-c2cc(C(C)(C)C)cc(C)c2OP2OC(=O)c3ccccc3N2c2ccccc2)c1OP1Oc2cccc3cccc(c23)O1. The molecule has 0 spiro atoms. The van der Waals surface area contributed by atoms with Gasteiger partial charge in [-0.2, -0.15) is 0 Å². The van der Waals surface area contributed by atoms with Crippen molar-refractivity contribution in [3.8, 4) is 34.1 Å². The topological polar surface area (TPSA) is 66.5 Å². The smallest absolute Gasteiger partial charge is 0.422 e. The minimum absolute atomic E-state index is 0.176. The number of carbonyl (C=O) groups excluding carboxylic acids is 1. The first kappa shape index (κ1) is 35.9. The second kappa shape index (κ2) is 13.6. The Labute approximate surface area is 319 Å². The van der Waals surface area contributed by atoms with Gasteiger partial charge in [-0.1, -0.05) is 108 Å². The van der Waals surface area contributed by atoms with Crippen molar-refractivity contribution in [2.75, 3.05) is 4.67 Å². The molecule has 0 bridgehead atoms. The molecule has 0 saturated carbocycles. The van der Waals surface area contributed by atoms with E-state index in [2.05, 4.69) is 72.7 Å².